The van der Waals surface area contributed by atoms with Crippen molar-refractivity contribution < 1.29 is 4.39 Å². The first kappa shape index (κ1) is 15.7. The molecule has 0 spiro atoms. The van der Waals surface area contributed by atoms with Crippen LogP contribution in [-0.4, -0.2) is 4.98 Å². The molecule has 2 aromatic rings. The van der Waals surface area contributed by atoms with Crippen LogP contribution in [0.3, 0.4) is 0 Å². The Morgan fingerprint density at radius 2 is 1.81 bits per heavy atom. The largest absolute Gasteiger partial charge is 0.256 e. The molecule has 0 atom stereocenters. The van der Waals surface area contributed by atoms with Gasteiger partial charge in [0.1, 0.15) is 5.82 Å². The molecule has 0 amide bonds. The molecule has 2 heteroatoms. The number of hydrogen-bond acceptors (Lipinski definition) is 1. The number of rotatable bonds is 7. The second-order valence-corrected chi connectivity index (χ2v) is 5.70. The van der Waals surface area contributed by atoms with Gasteiger partial charge in [-0.2, -0.15) is 0 Å². The molecule has 0 saturated heterocycles. The Kier molecular flexibility index (Phi) is 5.91. The third-order valence-electron chi connectivity index (χ3n) is 3.79. The highest BCUT2D eigenvalue weighted by Crippen LogP contribution is 2.22. The van der Waals surface area contributed by atoms with Crippen molar-refractivity contribution in [1.29, 1.82) is 0 Å². The standard InChI is InChI=1S/C19H24FN/c1-3-4-5-6-7-8-16-10-11-17(18(20)13-16)19-12-9-15(2)14-21-19/h9-14H,3-8H2,1-2H3. The molecule has 2 rings (SSSR count). The minimum atomic E-state index is -0.169. The molecule has 0 fully saturated rings. The van der Waals surface area contributed by atoms with Crippen molar-refractivity contribution in [2.24, 2.45) is 0 Å². The molecule has 1 aromatic heterocycles. The van der Waals surface area contributed by atoms with E-state index in [4.69, 9.17) is 0 Å². The highest BCUT2D eigenvalue weighted by Gasteiger charge is 2.07. The van der Waals surface area contributed by atoms with E-state index in [0.29, 0.717) is 11.3 Å². The Morgan fingerprint density at radius 1 is 1.00 bits per heavy atom. The number of nitrogens with zero attached hydrogens (tertiary/aromatic N) is 1. The van der Waals surface area contributed by atoms with E-state index in [1.165, 1.54) is 25.7 Å². The Bertz CT molecular complexity index is 560. The summed E-state index contributed by atoms with van der Waals surface area (Å²) in [4.78, 5) is 4.29. The fourth-order valence-electron chi connectivity index (χ4n) is 2.48. The Labute approximate surface area is 127 Å². The van der Waals surface area contributed by atoms with E-state index in [1.54, 1.807) is 12.3 Å². The molecule has 0 radical (unpaired) electrons. The molecule has 0 bridgehead atoms. The summed E-state index contributed by atoms with van der Waals surface area (Å²) >= 11 is 0. The lowest BCUT2D eigenvalue weighted by Crippen LogP contribution is -1.92. The number of unbranched alkanes of at least 4 members (excludes halogenated alkanes) is 4. The van der Waals surface area contributed by atoms with Crippen molar-refractivity contribution >= 4 is 0 Å². The monoisotopic (exact) mass is 285 g/mol. The third-order valence-corrected chi connectivity index (χ3v) is 3.79. The maximum atomic E-state index is 14.2. The number of pyridine rings is 1. The summed E-state index contributed by atoms with van der Waals surface area (Å²) in [5.74, 6) is -0.169. The smallest absolute Gasteiger partial charge is 0.132 e. The number of halogens is 1. The number of benzene rings is 1. The minimum Gasteiger partial charge on any atom is -0.256 e. The first-order valence-corrected chi connectivity index (χ1v) is 7.92. The second kappa shape index (κ2) is 7.92. The number of hydrogen-bond donors (Lipinski definition) is 0. The highest BCUT2D eigenvalue weighted by molar-refractivity contribution is 5.60. The van der Waals surface area contributed by atoms with Crippen molar-refractivity contribution in [3.63, 3.8) is 0 Å². The van der Waals surface area contributed by atoms with Crippen LogP contribution in [0.2, 0.25) is 0 Å². The predicted molar refractivity (Wildman–Crippen MR) is 86.8 cm³/mol. The summed E-state index contributed by atoms with van der Waals surface area (Å²) in [5, 5.41) is 0. The molecule has 21 heavy (non-hydrogen) atoms. The molecule has 1 heterocycles. The summed E-state index contributed by atoms with van der Waals surface area (Å²) in [6.07, 6.45) is 8.95. The SMILES string of the molecule is CCCCCCCc1ccc(-c2ccc(C)cn2)c(F)c1. The van der Waals surface area contributed by atoms with E-state index in [1.807, 2.05) is 31.2 Å². The Balaban J connectivity index is 1.99. The highest BCUT2D eigenvalue weighted by atomic mass is 19.1. The summed E-state index contributed by atoms with van der Waals surface area (Å²) in [6, 6.07) is 9.38. The lowest BCUT2D eigenvalue weighted by molar-refractivity contribution is 0.617. The van der Waals surface area contributed by atoms with Crippen LogP contribution in [0.15, 0.2) is 36.5 Å². The van der Waals surface area contributed by atoms with Crippen molar-refractivity contribution in [2.75, 3.05) is 0 Å². The molecule has 0 saturated carbocycles. The van der Waals surface area contributed by atoms with Gasteiger partial charge in [0.25, 0.3) is 0 Å². The average Bonchev–Trinajstić information content (AvgIpc) is 2.48. The summed E-state index contributed by atoms with van der Waals surface area (Å²) < 4.78 is 14.2. The molecule has 1 aromatic carbocycles. The fourth-order valence-corrected chi connectivity index (χ4v) is 2.48. The van der Waals surface area contributed by atoms with Gasteiger partial charge < -0.3 is 0 Å². The van der Waals surface area contributed by atoms with Gasteiger partial charge >= 0.3 is 0 Å². The van der Waals surface area contributed by atoms with E-state index in [0.717, 1.165) is 24.0 Å². The van der Waals surface area contributed by atoms with Gasteiger partial charge in [0, 0.05) is 11.8 Å². The zero-order valence-corrected chi connectivity index (χ0v) is 13.0. The summed E-state index contributed by atoms with van der Waals surface area (Å²) in [7, 11) is 0. The van der Waals surface area contributed by atoms with Gasteiger partial charge in [0.05, 0.1) is 5.69 Å². The molecular formula is C19H24FN. The van der Waals surface area contributed by atoms with E-state index in [2.05, 4.69) is 11.9 Å². The van der Waals surface area contributed by atoms with Gasteiger partial charge in [-0.05, 0) is 49.1 Å². The van der Waals surface area contributed by atoms with Crippen molar-refractivity contribution in [3.05, 3.63) is 53.5 Å². The number of aryl methyl sites for hydroxylation is 2. The van der Waals surface area contributed by atoms with Gasteiger partial charge in [-0.25, -0.2) is 4.39 Å². The Morgan fingerprint density at radius 3 is 2.48 bits per heavy atom. The third kappa shape index (κ3) is 4.66. The summed E-state index contributed by atoms with van der Waals surface area (Å²) in [6.45, 7) is 4.20. The molecule has 0 aliphatic heterocycles. The van der Waals surface area contributed by atoms with Gasteiger partial charge in [-0.1, -0.05) is 44.7 Å². The van der Waals surface area contributed by atoms with Gasteiger partial charge in [-0.15, -0.1) is 0 Å². The van der Waals surface area contributed by atoms with Gasteiger partial charge in [-0.3, -0.25) is 4.98 Å². The van der Waals surface area contributed by atoms with Crippen LogP contribution in [0.1, 0.15) is 50.2 Å². The predicted octanol–water partition coefficient (Wildman–Crippen LogP) is 5.71. The maximum absolute atomic E-state index is 14.2. The second-order valence-electron chi connectivity index (χ2n) is 5.70. The topological polar surface area (TPSA) is 12.9 Å². The molecular weight excluding hydrogens is 261 g/mol. The number of aromatic nitrogens is 1. The van der Waals surface area contributed by atoms with E-state index >= 15 is 0 Å². The van der Waals surface area contributed by atoms with E-state index in [9.17, 15) is 4.39 Å². The van der Waals surface area contributed by atoms with E-state index in [-0.39, 0.29) is 5.82 Å². The van der Waals surface area contributed by atoms with Crippen LogP contribution in [0.25, 0.3) is 11.3 Å². The van der Waals surface area contributed by atoms with Crippen molar-refractivity contribution in [1.82, 2.24) is 4.98 Å². The van der Waals surface area contributed by atoms with Crippen LogP contribution in [0.4, 0.5) is 4.39 Å². The molecule has 1 nitrogen and oxygen atoms in total. The molecule has 0 aliphatic carbocycles. The van der Waals surface area contributed by atoms with Crippen LogP contribution in [-0.2, 0) is 6.42 Å². The van der Waals surface area contributed by atoms with Crippen LogP contribution in [0.5, 0.6) is 0 Å². The lowest BCUT2D eigenvalue weighted by Gasteiger charge is -2.06. The van der Waals surface area contributed by atoms with Crippen molar-refractivity contribution in [2.45, 2.75) is 52.4 Å². The Hall–Kier alpha value is -1.70. The molecule has 0 aliphatic rings. The average molecular weight is 285 g/mol. The van der Waals surface area contributed by atoms with Crippen molar-refractivity contribution in [3.8, 4) is 11.3 Å². The van der Waals surface area contributed by atoms with Crippen LogP contribution in [0, 0.1) is 12.7 Å². The van der Waals surface area contributed by atoms with E-state index < -0.39 is 0 Å². The fraction of sp³-hybridized carbons (Fsp3) is 0.421. The molecule has 0 N–H and O–H groups in total. The van der Waals surface area contributed by atoms with Gasteiger partial charge in [0.15, 0.2) is 0 Å². The minimum absolute atomic E-state index is 0.169. The zero-order valence-electron chi connectivity index (χ0n) is 13.0. The quantitative estimate of drug-likeness (QED) is 0.594. The lowest BCUT2D eigenvalue weighted by atomic mass is 10.0. The normalized spacial score (nSPS) is 10.8. The zero-order chi connectivity index (χ0) is 15.1. The van der Waals surface area contributed by atoms with Crippen LogP contribution < -0.4 is 0 Å². The first-order chi connectivity index (χ1) is 10.2. The maximum Gasteiger partial charge on any atom is 0.132 e. The van der Waals surface area contributed by atoms with Gasteiger partial charge in [0.2, 0.25) is 0 Å². The first-order valence-electron chi connectivity index (χ1n) is 7.92. The molecule has 112 valence electrons. The molecule has 0 unspecified atom stereocenters. The summed E-state index contributed by atoms with van der Waals surface area (Å²) in [5.41, 5.74) is 3.46. The van der Waals surface area contributed by atoms with Crippen LogP contribution >= 0.6 is 0 Å².